The molecule has 2 aliphatic heterocycles. The summed E-state index contributed by atoms with van der Waals surface area (Å²) in [6, 6.07) is 16.0. The quantitative estimate of drug-likeness (QED) is 0.766. The van der Waals surface area contributed by atoms with E-state index in [-0.39, 0.29) is 36.0 Å². The zero-order chi connectivity index (χ0) is 20.4. The maximum atomic E-state index is 12.9. The SMILES string of the molecule is O=C(C1CC(c2ccccc2)NN1)N1CCN(S(=O)(=O)c2cccc(Cl)c2)CC1. The molecule has 2 heterocycles. The molecule has 2 saturated heterocycles. The number of nitrogens with zero attached hydrogens (tertiary/aromatic N) is 2. The van der Waals surface area contributed by atoms with Crippen molar-refractivity contribution in [1.29, 1.82) is 0 Å². The van der Waals surface area contributed by atoms with E-state index in [4.69, 9.17) is 11.6 Å². The van der Waals surface area contributed by atoms with Gasteiger partial charge in [-0.3, -0.25) is 4.79 Å². The molecule has 7 nitrogen and oxygen atoms in total. The topological polar surface area (TPSA) is 81.8 Å². The van der Waals surface area contributed by atoms with Crippen LogP contribution in [-0.2, 0) is 14.8 Å². The number of hydrogen-bond acceptors (Lipinski definition) is 5. The molecule has 29 heavy (non-hydrogen) atoms. The van der Waals surface area contributed by atoms with Crippen molar-refractivity contribution in [3.8, 4) is 0 Å². The lowest BCUT2D eigenvalue weighted by atomic mass is 10.0. The van der Waals surface area contributed by atoms with Crippen LogP contribution in [-0.4, -0.2) is 55.8 Å². The third-order valence-electron chi connectivity index (χ3n) is 5.39. The first-order valence-corrected chi connectivity index (χ1v) is 11.4. The molecule has 9 heteroatoms. The lowest BCUT2D eigenvalue weighted by molar-refractivity contribution is -0.134. The molecule has 2 aromatic carbocycles. The van der Waals surface area contributed by atoms with Gasteiger partial charge >= 0.3 is 0 Å². The molecule has 2 aromatic rings. The highest BCUT2D eigenvalue weighted by atomic mass is 35.5. The summed E-state index contributed by atoms with van der Waals surface area (Å²) in [7, 11) is -3.61. The van der Waals surface area contributed by atoms with Crippen LogP contribution < -0.4 is 10.9 Å². The standard InChI is InChI=1S/C20H23ClN4O3S/c21-16-7-4-8-17(13-16)29(27,28)25-11-9-24(10-12-25)20(26)19-14-18(22-23-19)15-5-2-1-3-6-15/h1-8,13,18-19,22-23H,9-12,14H2. The van der Waals surface area contributed by atoms with Crippen LogP contribution in [0.5, 0.6) is 0 Å². The molecule has 4 rings (SSSR count). The van der Waals surface area contributed by atoms with Crippen LogP contribution in [0.2, 0.25) is 5.02 Å². The number of piperazine rings is 1. The minimum absolute atomic E-state index is 0.00395. The number of nitrogens with one attached hydrogen (secondary N) is 2. The Labute approximate surface area is 175 Å². The highest BCUT2D eigenvalue weighted by Crippen LogP contribution is 2.24. The second kappa shape index (κ2) is 8.41. The van der Waals surface area contributed by atoms with Gasteiger partial charge in [0.25, 0.3) is 0 Å². The van der Waals surface area contributed by atoms with E-state index in [0.29, 0.717) is 24.5 Å². The molecular formula is C20H23ClN4O3S. The molecule has 2 atom stereocenters. The Hall–Kier alpha value is -1.97. The van der Waals surface area contributed by atoms with E-state index in [1.54, 1.807) is 17.0 Å². The summed E-state index contributed by atoms with van der Waals surface area (Å²) in [5.74, 6) is -0.00395. The molecule has 0 saturated carbocycles. The molecule has 2 N–H and O–H groups in total. The molecule has 0 aliphatic carbocycles. The van der Waals surface area contributed by atoms with Crippen molar-refractivity contribution in [2.75, 3.05) is 26.2 Å². The summed E-state index contributed by atoms with van der Waals surface area (Å²) in [5.41, 5.74) is 7.41. The number of rotatable bonds is 4. The number of amides is 1. The summed E-state index contributed by atoms with van der Waals surface area (Å²) in [6.45, 7) is 1.27. The Morgan fingerprint density at radius 1 is 0.966 bits per heavy atom. The first-order chi connectivity index (χ1) is 13.9. The van der Waals surface area contributed by atoms with Gasteiger partial charge in [0.15, 0.2) is 0 Å². The smallest absolute Gasteiger partial charge is 0.243 e. The summed E-state index contributed by atoms with van der Waals surface area (Å²) in [4.78, 5) is 14.8. The molecule has 1 amide bonds. The highest BCUT2D eigenvalue weighted by Gasteiger charge is 2.36. The Balaban J connectivity index is 1.35. The molecule has 2 aliphatic rings. The van der Waals surface area contributed by atoms with Gasteiger partial charge in [0.1, 0.15) is 6.04 Å². The van der Waals surface area contributed by atoms with Crippen molar-refractivity contribution in [2.45, 2.75) is 23.4 Å². The van der Waals surface area contributed by atoms with Gasteiger partial charge in [0.2, 0.25) is 15.9 Å². The first-order valence-electron chi connectivity index (χ1n) is 9.55. The van der Waals surface area contributed by atoms with E-state index >= 15 is 0 Å². The van der Waals surface area contributed by atoms with Gasteiger partial charge in [-0.05, 0) is 30.2 Å². The molecular weight excluding hydrogens is 412 g/mol. The number of hydrogen-bond donors (Lipinski definition) is 2. The van der Waals surface area contributed by atoms with Crippen LogP contribution >= 0.6 is 11.6 Å². The van der Waals surface area contributed by atoms with Gasteiger partial charge in [0.05, 0.1) is 4.90 Å². The maximum Gasteiger partial charge on any atom is 0.243 e. The summed E-state index contributed by atoms with van der Waals surface area (Å²) < 4.78 is 27.0. The predicted octanol–water partition coefficient (Wildman–Crippen LogP) is 1.78. The van der Waals surface area contributed by atoms with E-state index in [9.17, 15) is 13.2 Å². The third kappa shape index (κ3) is 4.31. The minimum atomic E-state index is -3.61. The summed E-state index contributed by atoms with van der Waals surface area (Å²) in [5, 5.41) is 0.382. The second-order valence-corrected chi connectivity index (χ2v) is 9.60. The van der Waals surface area contributed by atoms with Crippen molar-refractivity contribution in [3.05, 3.63) is 65.2 Å². The number of hydrazine groups is 1. The summed E-state index contributed by atoms with van der Waals surface area (Å²) in [6.07, 6.45) is 0.657. The first kappa shape index (κ1) is 20.3. The lowest BCUT2D eigenvalue weighted by Gasteiger charge is -2.35. The fraction of sp³-hybridized carbons (Fsp3) is 0.350. The molecule has 2 unspecified atom stereocenters. The fourth-order valence-corrected chi connectivity index (χ4v) is 5.49. The number of carbonyl (C=O) groups is 1. The second-order valence-electron chi connectivity index (χ2n) is 7.23. The minimum Gasteiger partial charge on any atom is -0.339 e. The monoisotopic (exact) mass is 434 g/mol. The Kier molecular flexibility index (Phi) is 5.89. The zero-order valence-electron chi connectivity index (χ0n) is 15.8. The summed E-state index contributed by atoms with van der Waals surface area (Å²) >= 11 is 5.93. The Morgan fingerprint density at radius 3 is 2.38 bits per heavy atom. The van der Waals surface area contributed by atoms with E-state index in [2.05, 4.69) is 10.9 Å². The van der Waals surface area contributed by atoms with Crippen LogP contribution in [0.3, 0.4) is 0 Å². The normalized spacial score (nSPS) is 23.3. The van der Waals surface area contributed by atoms with Gasteiger partial charge in [0, 0.05) is 37.2 Å². The molecule has 2 fully saturated rings. The maximum absolute atomic E-state index is 12.9. The molecule has 0 radical (unpaired) electrons. The average Bonchev–Trinajstić information content (AvgIpc) is 3.24. The molecule has 0 spiro atoms. The lowest BCUT2D eigenvalue weighted by Crippen LogP contribution is -2.54. The Morgan fingerprint density at radius 2 is 1.69 bits per heavy atom. The van der Waals surface area contributed by atoms with E-state index in [1.165, 1.54) is 16.4 Å². The van der Waals surface area contributed by atoms with E-state index in [1.807, 2.05) is 30.3 Å². The van der Waals surface area contributed by atoms with Crippen molar-refractivity contribution in [1.82, 2.24) is 20.1 Å². The molecule has 0 bridgehead atoms. The van der Waals surface area contributed by atoms with Gasteiger partial charge in [-0.1, -0.05) is 48.0 Å². The number of halogens is 1. The number of carbonyl (C=O) groups excluding carboxylic acids is 1. The fourth-order valence-electron chi connectivity index (χ4n) is 3.77. The van der Waals surface area contributed by atoms with E-state index in [0.717, 1.165) is 5.56 Å². The predicted molar refractivity (Wildman–Crippen MR) is 111 cm³/mol. The third-order valence-corrected chi connectivity index (χ3v) is 7.52. The van der Waals surface area contributed by atoms with Crippen LogP contribution in [0.4, 0.5) is 0 Å². The van der Waals surface area contributed by atoms with Crippen LogP contribution in [0.1, 0.15) is 18.0 Å². The Bertz CT molecular complexity index is 978. The molecule has 154 valence electrons. The van der Waals surface area contributed by atoms with Gasteiger partial charge in [-0.15, -0.1) is 0 Å². The average molecular weight is 435 g/mol. The van der Waals surface area contributed by atoms with Crippen LogP contribution in [0.25, 0.3) is 0 Å². The highest BCUT2D eigenvalue weighted by molar-refractivity contribution is 7.89. The van der Waals surface area contributed by atoms with Gasteiger partial charge in [-0.25, -0.2) is 19.3 Å². The van der Waals surface area contributed by atoms with Crippen molar-refractivity contribution in [2.24, 2.45) is 0 Å². The van der Waals surface area contributed by atoms with Crippen LogP contribution in [0, 0.1) is 0 Å². The van der Waals surface area contributed by atoms with Crippen molar-refractivity contribution >= 4 is 27.5 Å². The van der Waals surface area contributed by atoms with Crippen molar-refractivity contribution < 1.29 is 13.2 Å². The van der Waals surface area contributed by atoms with Crippen molar-refractivity contribution in [3.63, 3.8) is 0 Å². The molecule has 0 aromatic heterocycles. The van der Waals surface area contributed by atoms with Gasteiger partial charge < -0.3 is 4.90 Å². The zero-order valence-corrected chi connectivity index (χ0v) is 17.4. The number of sulfonamides is 1. The largest absolute Gasteiger partial charge is 0.339 e. The van der Waals surface area contributed by atoms with Gasteiger partial charge in [-0.2, -0.15) is 4.31 Å². The van der Waals surface area contributed by atoms with E-state index < -0.39 is 10.0 Å². The van der Waals surface area contributed by atoms with Crippen LogP contribution in [0.15, 0.2) is 59.5 Å². The number of benzene rings is 2.